The summed E-state index contributed by atoms with van der Waals surface area (Å²) in [6, 6.07) is 10.3. The van der Waals surface area contributed by atoms with Gasteiger partial charge < -0.3 is 4.40 Å². The Morgan fingerprint density at radius 3 is 2.75 bits per heavy atom. The Bertz CT molecular complexity index is 760. The van der Waals surface area contributed by atoms with Gasteiger partial charge in [-0.3, -0.25) is 9.90 Å². The summed E-state index contributed by atoms with van der Waals surface area (Å²) in [5.74, 6) is -1.43. The molecule has 3 aromatic rings. The number of imidazole rings is 1. The van der Waals surface area contributed by atoms with Crippen LogP contribution in [0.5, 0.6) is 0 Å². The molecule has 6 heteroatoms. The van der Waals surface area contributed by atoms with Gasteiger partial charge in [0.2, 0.25) is 0 Å². The Balaban J connectivity index is 1.94. The molecule has 0 fully saturated rings. The molecule has 0 atom stereocenters. The predicted molar refractivity (Wildman–Crippen MR) is 71.5 cm³/mol. The van der Waals surface area contributed by atoms with Crippen LogP contribution in [0.25, 0.3) is 5.65 Å². The highest BCUT2D eigenvalue weighted by Crippen LogP contribution is 2.09. The Hall–Kier alpha value is -3.02. The van der Waals surface area contributed by atoms with Crippen LogP contribution in [0.3, 0.4) is 0 Å². The molecule has 0 unspecified atom stereocenters. The van der Waals surface area contributed by atoms with Gasteiger partial charge in [0.05, 0.1) is 0 Å². The number of rotatable bonds is 3. The van der Waals surface area contributed by atoms with E-state index in [-0.39, 0.29) is 11.5 Å². The number of aromatic nitrogens is 3. The molecule has 0 aliphatic rings. The lowest BCUT2D eigenvalue weighted by molar-refractivity contribution is 0.103. The molecule has 0 aliphatic carbocycles. The van der Waals surface area contributed by atoms with E-state index in [4.69, 9.17) is 0 Å². The number of aliphatic imine (C=N–C) groups is 1. The first-order valence-electron chi connectivity index (χ1n) is 5.89. The zero-order valence-corrected chi connectivity index (χ0v) is 10.3. The summed E-state index contributed by atoms with van der Waals surface area (Å²) in [6.45, 7) is 0. The highest BCUT2D eigenvalue weighted by Gasteiger charge is 2.19. The molecule has 0 spiro atoms. The summed E-state index contributed by atoms with van der Waals surface area (Å²) in [4.78, 5) is 23.6. The fraction of sp³-hybridized carbons (Fsp3) is 0. The maximum Gasteiger partial charge on any atom is 0.321 e. The number of hydrogen-bond acceptors (Lipinski definition) is 4. The second kappa shape index (κ2) is 4.93. The molecule has 97 valence electrons. The van der Waals surface area contributed by atoms with Gasteiger partial charge in [-0.05, 0) is 24.3 Å². The number of pyridine rings is 2. The lowest BCUT2D eigenvalue weighted by atomic mass is 10.3. The molecule has 1 radical (unpaired) electrons. The minimum absolute atomic E-state index is 0.0703. The maximum atomic E-state index is 12.0. The molecule has 20 heavy (non-hydrogen) atoms. The van der Waals surface area contributed by atoms with Gasteiger partial charge in [0.1, 0.15) is 11.3 Å². The fourth-order valence-electron chi connectivity index (χ4n) is 1.73. The third-order valence-electron chi connectivity index (χ3n) is 2.66. The molecular weight excluding hydrogens is 256 g/mol. The van der Waals surface area contributed by atoms with Crippen molar-refractivity contribution >= 4 is 23.1 Å². The van der Waals surface area contributed by atoms with Crippen molar-refractivity contribution in [2.24, 2.45) is 4.99 Å². The van der Waals surface area contributed by atoms with Crippen LogP contribution in [0, 0.1) is 0 Å². The van der Waals surface area contributed by atoms with Gasteiger partial charge in [-0.1, -0.05) is 12.1 Å². The normalized spacial score (nSPS) is 11.7. The molecule has 3 heterocycles. The van der Waals surface area contributed by atoms with Crippen molar-refractivity contribution < 1.29 is 9.90 Å². The van der Waals surface area contributed by atoms with Gasteiger partial charge >= 0.3 is 5.90 Å². The molecular formula is C14H9N4O2. The predicted octanol–water partition coefficient (Wildman–Crippen LogP) is 2.07. The minimum atomic E-state index is -0.882. The number of carbonyl (C=O) groups is 1. The molecule has 0 aromatic carbocycles. The third-order valence-corrected chi connectivity index (χ3v) is 2.66. The third kappa shape index (κ3) is 2.26. The SMILES string of the molecule is [O]C(=Nc1ccccn1)C(=O)c1cn2ccccc2n1. The molecule has 0 N–H and O–H groups in total. The van der Waals surface area contributed by atoms with E-state index in [9.17, 15) is 9.90 Å². The molecule has 6 nitrogen and oxygen atoms in total. The van der Waals surface area contributed by atoms with Gasteiger partial charge in [-0.15, -0.1) is 0 Å². The second-order valence-electron chi connectivity index (χ2n) is 4.03. The lowest BCUT2D eigenvalue weighted by Gasteiger charge is -1.92. The van der Waals surface area contributed by atoms with Crippen LogP contribution < -0.4 is 0 Å². The van der Waals surface area contributed by atoms with E-state index in [1.165, 1.54) is 12.4 Å². The zero-order chi connectivity index (χ0) is 13.9. The van der Waals surface area contributed by atoms with Crippen molar-refractivity contribution in [3.8, 4) is 0 Å². The maximum absolute atomic E-state index is 12.0. The van der Waals surface area contributed by atoms with Crippen LogP contribution in [-0.2, 0) is 5.11 Å². The molecule has 0 amide bonds. The Labute approximate surface area is 114 Å². The Morgan fingerprint density at radius 1 is 1.15 bits per heavy atom. The largest absolute Gasteiger partial charge is 0.321 e. The Morgan fingerprint density at radius 2 is 2.00 bits per heavy atom. The number of nitrogens with zero attached hydrogens (tertiary/aromatic N) is 4. The summed E-state index contributed by atoms with van der Waals surface area (Å²) in [5, 5.41) is 11.8. The van der Waals surface area contributed by atoms with E-state index < -0.39 is 11.7 Å². The summed E-state index contributed by atoms with van der Waals surface area (Å²) >= 11 is 0. The zero-order valence-electron chi connectivity index (χ0n) is 10.3. The quantitative estimate of drug-likeness (QED) is 0.413. The van der Waals surface area contributed by atoms with Crippen molar-refractivity contribution in [1.29, 1.82) is 0 Å². The summed E-state index contributed by atoms with van der Waals surface area (Å²) < 4.78 is 1.67. The van der Waals surface area contributed by atoms with E-state index in [2.05, 4.69) is 15.0 Å². The summed E-state index contributed by atoms with van der Waals surface area (Å²) in [6.07, 6.45) is 4.75. The van der Waals surface area contributed by atoms with Crippen LogP contribution in [0.2, 0.25) is 0 Å². The molecule has 3 aromatic heterocycles. The smallest absolute Gasteiger partial charge is 0.306 e. The van der Waals surface area contributed by atoms with Gasteiger partial charge in [0.15, 0.2) is 5.82 Å². The van der Waals surface area contributed by atoms with Crippen LogP contribution in [0.15, 0.2) is 60.0 Å². The van der Waals surface area contributed by atoms with Crippen molar-refractivity contribution in [2.75, 3.05) is 0 Å². The molecule has 0 saturated carbocycles. The van der Waals surface area contributed by atoms with Crippen molar-refractivity contribution in [2.45, 2.75) is 0 Å². The lowest BCUT2D eigenvalue weighted by Crippen LogP contribution is -2.12. The van der Waals surface area contributed by atoms with E-state index in [0.29, 0.717) is 5.65 Å². The average Bonchev–Trinajstić information content (AvgIpc) is 2.91. The first kappa shape index (κ1) is 12.0. The van der Waals surface area contributed by atoms with E-state index in [0.717, 1.165) is 0 Å². The first-order chi connectivity index (χ1) is 9.74. The average molecular weight is 265 g/mol. The number of Topliss-reactive ketones (excluding diaryl/α,β-unsaturated/α-hetero) is 1. The van der Waals surface area contributed by atoms with Crippen LogP contribution >= 0.6 is 0 Å². The van der Waals surface area contributed by atoms with Crippen molar-refractivity contribution in [1.82, 2.24) is 14.4 Å². The van der Waals surface area contributed by atoms with Gasteiger partial charge in [-0.2, -0.15) is 4.99 Å². The number of ketones is 1. The molecule has 0 saturated heterocycles. The molecule has 0 bridgehead atoms. The fourth-order valence-corrected chi connectivity index (χ4v) is 1.73. The minimum Gasteiger partial charge on any atom is -0.306 e. The van der Waals surface area contributed by atoms with E-state index in [1.807, 2.05) is 6.07 Å². The van der Waals surface area contributed by atoms with Crippen molar-refractivity contribution in [3.63, 3.8) is 0 Å². The van der Waals surface area contributed by atoms with Gasteiger partial charge in [0, 0.05) is 18.6 Å². The monoisotopic (exact) mass is 265 g/mol. The van der Waals surface area contributed by atoms with Gasteiger partial charge in [0.25, 0.3) is 5.78 Å². The Kier molecular flexibility index (Phi) is 2.96. The summed E-state index contributed by atoms with van der Waals surface area (Å²) in [5.41, 5.74) is 0.669. The number of fused-ring (bicyclic) bond motifs is 1. The van der Waals surface area contributed by atoms with Crippen LogP contribution in [-0.4, -0.2) is 26.0 Å². The van der Waals surface area contributed by atoms with Crippen LogP contribution in [0.1, 0.15) is 10.5 Å². The molecule has 3 rings (SSSR count). The molecule has 0 aliphatic heterocycles. The van der Waals surface area contributed by atoms with E-state index in [1.54, 1.807) is 40.9 Å². The number of hydrogen-bond donors (Lipinski definition) is 0. The topological polar surface area (TPSA) is 79.5 Å². The number of carbonyl (C=O) groups excluding carboxylic acids is 1. The summed E-state index contributed by atoms with van der Waals surface area (Å²) in [7, 11) is 0. The van der Waals surface area contributed by atoms with Crippen molar-refractivity contribution in [3.05, 3.63) is 60.7 Å². The first-order valence-corrected chi connectivity index (χ1v) is 5.89. The standard InChI is InChI=1S/C14H9N4O2/c19-13(14(20)17-11-5-1-3-7-15-11)10-9-18-8-4-2-6-12(18)16-10/h1-9H. The van der Waals surface area contributed by atoms with Crippen LogP contribution in [0.4, 0.5) is 5.82 Å². The second-order valence-corrected chi connectivity index (χ2v) is 4.03. The highest BCUT2D eigenvalue weighted by molar-refractivity contribution is 6.41. The van der Waals surface area contributed by atoms with E-state index >= 15 is 0 Å². The highest BCUT2D eigenvalue weighted by atomic mass is 16.3. The van der Waals surface area contributed by atoms with Gasteiger partial charge in [-0.25, -0.2) is 9.97 Å².